The highest BCUT2D eigenvalue weighted by Crippen LogP contribution is 2.45. The highest BCUT2D eigenvalue weighted by Gasteiger charge is 2.39. The second kappa shape index (κ2) is 19.8. The molecule has 10 heteroatoms. The lowest BCUT2D eigenvalue weighted by Crippen LogP contribution is -2.41. The van der Waals surface area contributed by atoms with E-state index in [-0.39, 0.29) is 23.7 Å². The van der Waals surface area contributed by atoms with Crippen LogP contribution in [-0.4, -0.2) is 105 Å². The number of likely N-dealkylation sites (tertiary alicyclic amines) is 1. The monoisotopic (exact) mass is 714 g/mol. The second-order valence-corrected chi connectivity index (χ2v) is 14.5. The van der Waals surface area contributed by atoms with Crippen LogP contribution in [0, 0.1) is 0 Å². The van der Waals surface area contributed by atoms with Gasteiger partial charge in [-0.15, -0.1) is 0 Å². The zero-order valence-corrected chi connectivity index (χ0v) is 31.1. The van der Waals surface area contributed by atoms with Gasteiger partial charge in [0.25, 0.3) is 5.91 Å². The number of hydrogen-bond acceptors (Lipinski definition) is 9. The summed E-state index contributed by atoms with van der Waals surface area (Å²) in [6, 6.07) is 20.7. The fraction of sp³-hybridized carbons (Fsp3) is 0.524. The molecule has 2 heterocycles. The Kier molecular flexibility index (Phi) is 14.9. The predicted octanol–water partition coefficient (Wildman–Crippen LogP) is 5.67. The van der Waals surface area contributed by atoms with E-state index in [9.17, 15) is 19.8 Å². The van der Waals surface area contributed by atoms with Crippen LogP contribution in [0.4, 0.5) is 5.69 Å². The van der Waals surface area contributed by atoms with E-state index in [4.69, 9.17) is 9.47 Å². The Labute approximate surface area is 309 Å². The first kappa shape index (κ1) is 39.3. The molecule has 1 saturated heterocycles. The summed E-state index contributed by atoms with van der Waals surface area (Å²) in [5, 5.41) is 26.8. The quantitative estimate of drug-likeness (QED) is 0.0896. The summed E-state index contributed by atoms with van der Waals surface area (Å²) in [6.45, 7) is 5.93. The average molecular weight is 715 g/mol. The minimum Gasteiger partial charge on any atom is -0.508 e. The number of likely N-dealkylation sites (N-methyl/N-ethyl adjacent to an activating group) is 1. The van der Waals surface area contributed by atoms with Crippen LogP contribution in [0.1, 0.15) is 73.6 Å². The van der Waals surface area contributed by atoms with E-state index in [0.29, 0.717) is 36.8 Å². The smallest absolute Gasteiger partial charge is 0.262 e. The molecule has 6 rings (SSSR count). The molecule has 0 aromatic heterocycles. The molecular formula is C42H58N4O6. The van der Waals surface area contributed by atoms with Crippen LogP contribution >= 0.6 is 0 Å². The number of aldehydes is 1. The number of rotatable bonds is 15. The van der Waals surface area contributed by atoms with Crippen molar-refractivity contribution in [2.24, 2.45) is 0 Å². The molecule has 1 aliphatic carbocycles. The van der Waals surface area contributed by atoms with E-state index in [1.54, 1.807) is 6.07 Å². The van der Waals surface area contributed by atoms with Gasteiger partial charge < -0.3 is 44.9 Å². The third kappa shape index (κ3) is 10.6. The van der Waals surface area contributed by atoms with Gasteiger partial charge in [-0.25, -0.2) is 0 Å². The largest absolute Gasteiger partial charge is 0.508 e. The highest BCUT2D eigenvalue weighted by molar-refractivity contribution is 5.97. The summed E-state index contributed by atoms with van der Waals surface area (Å²) in [7, 11) is 4.38. The van der Waals surface area contributed by atoms with Crippen molar-refractivity contribution in [1.82, 2.24) is 15.1 Å². The standard InChI is InChI=1S/C23H29NO3.C19H29N3O3/c1-24-13-11-23(12-14-24,20-6-3-2-4-7-20)21-18-19(8-9-22(21)26)10-17-27-16-5-15-25;1-22(15-5-3-2-4-6-15)12-11-20-10-9-14-7-8-16(23)18-19(14)25-13-17(24)21-18/h2-4,6-9,15,18,26H,5,10-14,16-17H2,1H3;7-8,15,20,23H,2-6,9-13H2,1H3,(H,21,24). The first-order valence-electron chi connectivity index (χ1n) is 19.1. The molecule has 0 radical (unpaired) electrons. The number of aromatic hydroxyl groups is 2. The molecule has 1 amide bonds. The summed E-state index contributed by atoms with van der Waals surface area (Å²) >= 11 is 0. The van der Waals surface area contributed by atoms with Crippen molar-refractivity contribution in [2.45, 2.75) is 75.7 Å². The molecule has 0 bridgehead atoms. The lowest BCUT2D eigenvalue weighted by atomic mass is 9.67. The lowest BCUT2D eigenvalue weighted by molar-refractivity contribution is -0.118. The first-order chi connectivity index (χ1) is 25.3. The van der Waals surface area contributed by atoms with Gasteiger partial charge in [0.05, 0.1) is 13.2 Å². The van der Waals surface area contributed by atoms with E-state index < -0.39 is 0 Å². The van der Waals surface area contributed by atoms with E-state index in [2.05, 4.69) is 64.9 Å². The maximum atomic E-state index is 11.4. The fourth-order valence-electron chi connectivity index (χ4n) is 7.74. The van der Waals surface area contributed by atoms with Crippen LogP contribution in [0.2, 0.25) is 0 Å². The van der Waals surface area contributed by atoms with Crippen LogP contribution in [0.3, 0.4) is 0 Å². The molecule has 3 aliphatic rings. The zero-order chi connectivity index (χ0) is 36.8. The topological polar surface area (TPSA) is 124 Å². The number of carbonyl (C=O) groups excluding carboxylic acids is 2. The Morgan fingerprint density at radius 1 is 0.981 bits per heavy atom. The van der Waals surface area contributed by atoms with Gasteiger partial charge in [-0.3, -0.25) is 4.79 Å². The number of nitrogens with one attached hydrogen (secondary N) is 2. The normalized spacial score (nSPS) is 17.4. The molecule has 1 saturated carbocycles. The molecule has 3 aromatic carbocycles. The molecule has 0 unspecified atom stereocenters. The SMILES string of the molecule is CN(CCNCCc1ccc(O)c2c1OCC(=O)N2)C1CCCCC1.CN1CCC(c2ccccc2)(c2cc(CCOCCC=O)ccc2O)CC1. The van der Waals surface area contributed by atoms with Crippen LogP contribution in [0.5, 0.6) is 17.2 Å². The number of carbonyl (C=O) groups is 2. The van der Waals surface area contributed by atoms with Crippen molar-refractivity contribution in [3.05, 3.63) is 82.9 Å². The number of anilines is 1. The Morgan fingerprint density at radius 2 is 1.73 bits per heavy atom. The third-order valence-corrected chi connectivity index (χ3v) is 10.9. The fourth-order valence-corrected chi connectivity index (χ4v) is 7.74. The zero-order valence-electron chi connectivity index (χ0n) is 31.1. The van der Waals surface area contributed by atoms with Crippen LogP contribution in [0.25, 0.3) is 0 Å². The molecule has 0 spiro atoms. The first-order valence-corrected chi connectivity index (χ1v) is 19.1. The predicted molar refractivity (Wildman–Crippen MR) is 206 cm³/mol. The number of phenols is 2. The molecule has 10 nitrogen and oxygen atoms in total. The second-order valence-electron chi connectivity index (χ2n) is 14.5. The Morgan fingerprint density at radius 3 is 2.48 bits per heavy atom. The van der Waals surface area contributed by atoms with E-state index in [1.165, 1.54) is 37.7 Å². The van der Waals surface area contributed by atoms with Crippen molar-refractivity contribution < 1.29 is 29.3 Å². The van der Waals surface area contributed by atoms with Gasteiger partial charge in [-0.1, -0.05) is 67.8 Å². The van der Waals surface area contributed by atoms with E-state index >= 15 is 0 Å². The van der Waals surface area contributed by atoms with Gasteiger partial charge in [0.1, 0.15) is 23.5 Å². The number of benzene rings is 3. The summed E-state index contributed by atoms with van der Waals surface area (Å²) < 4.78 is 11.0. The van der Waals surface area contributed by atoms with Crippen molar-refractivity contribution in [3.8, 4) is 17.2 Å². The highest BCUT2D eigenvalue weighted by atomic mass is 16.5. The minimum absolute atomic E-state index is 0.00304. The van der Waals surface area contributed by atoms with Crippen molar-refractivity contribution in [1.29, 1.82) is 0 Å². The summed E-state index contributed by atoms with van der Waals surface area (Å²) in [6.07, 6.45) is 11.6. The van der Waals surface area contributed by atoms with E-state index in [1.807, 2.05) is 24.3 Å². The maximum absolute atomic E-state index is 11.4. The number of fused-ring (bicyclic) bond motifs is 1. The number of piperidine rings is 1. The molecule has 2 fully saturated rings. The number of amides is 1. The van der Waals surface area contributed by atoms with Gasteiger partial charge in [0, 0.05) is 36.5 Å². The number of phenolic OH excluding ortho intramolecular Hbond substituents is 2. The van der Waals surface area contributed by atoms with Crippen LogP contribution in [-0.2, 0) is 32.6 Å². The summed E-state index contributed by atoms with van der Waals surface area (Å²) in [5.74, 6) is 0.785. The lowest BCUT2D eigenvalue weighted by Gasteiger charge is -2.42. The summed E-state index contributed by atoms with van der Waals surface area (Å²) in [5.41, 5.74) is 4.68. The van der Waals surface area contributed by atoms with Crippen LogP contribution < -0.4 is 15.4 Å². The average Bonchev–Trinajstić information content (AvgIpc) is 3.17. The van der Waals surface area contributed by atoms with Gasteiger partial charge in [0.15, 0.2) is 12.4 Å². The Bertz CT molecular complexity index is 1570. The van der Waals surface area contributed by atoms with Crippen molar-refractivity contribution in [3.63, 3.8) is 0 Å². The number of ether oxygens (including phenoxy) is 2. The molecule has 0 atom stereocenters. The molecule has 3 aromatic rings. The molecule has 52 heavy (non-hydrogen) atoms. The van der Waals surface area contributed by atoms with Gasteiger partial charge in [-0.05, 0) is 101 Å². The summed E-state index contributed by atoms with van der Waals surface area (Å²) in [4.78, 5) is 26.6. The van der Waals surface area contributed by atoms with Gasteiger partial charge in [0.2, 0.25) is 0 Å². The third-order valence-electron chi connectivity index (χ3n) is 10.9. The molecule has 282 valence electrons. The van der Waals surface area contributed by atoms with Crippen LogP contribution in [0.15, 0.2) is 60.7 Å². The minimum atomic E-state index is -0.233. The molecule has 2 aliphatic heterocycles. The Hall–Kier alpha value is -3.96. The number of nitrogens with zero attached hydrogens (tertiary/aromatic N) is 2. The molecular weight excluding hydrogens is 656 g/mol. The number of hydrogen-bond donors (Lipinski definition) is 4. The van der Waals surface area contributed by atoms with E-state index in [0.717, 1.165) is 87.4 Å². The Balaban J connectivity index is 0.000000202. The molecule has 4 N–H and O–H groups in total. The van der Waals surface area contributed by atoms with Crippen molar-refractivity contribution in [2.75, 3.05) is 72.0 Å². The van der Waals surface area contributed by atoms with Gasteiger partial charge >= 0.3 is 0 Å². The van der Waals surface area contributed by atoms with Crippen molar-refractivity contribution >= 4 is 17.9 Å². The van der Waals surface area contributed by atoms with Gasteiger partial charge in [-0.2, -0.15) is 0 Å². The maximum Gasteiger partial charge on any atom is 0.262 e.